The molecule has 0 amide bonds. The van der Waals surface area contributed by atoms with Gasteiger partial charge in [0.2, 0.25) is 0 Å². The Hall–Kier alpha value is -1.39. The number of nitrogens with one attached hydrogen (secondary N) is 1. The van der Waals surface area contributed by atoms with E-state index in [0.29, 0.717) is 17.0 Å². The quantitative estimate of drug-likeness (QED) is 0.882. The maximum absolute atomic E-state index is 13.9. The molecular formula is C15H19ClFN3. The lowest BCUT2D eigenvalue weighted by Crippen LogP contribution is -2.23. The second-order valence-electron chi connectivity index (χ2n) is 4.72. The lowest BCUT2D eigenvalue weighted by molar-refractivity contribution is 0.488. The molecule has 20 heavy (non-hydrogen) atoms. The van der Waals surface area contributed by atoms with Crippen molar-refractivity contribution >= 4 is 11.6 Å². The van der Waals surface area contributed by atoms with Crippen LogP contribution in [-0.4, -0.2) is 16.8 Å². The highest BCUT2D eigenvalue weighted by Crippen LogP contribution is 2.25. The first-order chi connectivity index (χ1) is 9.67. The maximum Gasteiger partial charge on any atom is 0.127 e. The number of hydrogen-bond donors (Lipinski definition) is 1. The molecular weight excluding hydrogens is 277 g/mol. The molecule has 1 unspecified atom stereocenters. The van der Waals surface area contributed by atoms with Gasteiger partial charge in [-0.15, -0.1) is 0 Å². The van der Waals surface area contributed by atoms with Crippen molar-refractivity contribution in [3.63, 3.8) is 0 Å². The van der Waals surface area contributed by atoms with Crippen LogP contribution in [0.1, 0.15) is 30.6 Å². The van der Waals surface area contributed by atoms with E-state index in [2.05, 4.69) is 17.3 Å². The van der Waals surface area contributed by atoms with Crippen molar-refractivity contribution in [1.82, 2.24) is 15.1 Å². The summed E-state index contributed by atoms with van der Waals surface area (Å²) in [5, 5.41) is 8.00. The third-order valence-corrected chi connectivity index (χ3v) is 3.71. The molecule has 0 fully saturated rings. The molecule has 1 aromatic heterocycles. The van der Waals surface area contributed by atoms with E-state index in [1.54, 1.807) is 18.3 Å². The first kappa shape index (κ1) is 15.0. The molecule has 2 aromatic rings. The topological polar surface area (TPSA) is 29.9 Å². The maximum atomic E-state index is 13.9. The summed E-state index contributed by atoms with van der Waals surface area (Å²) in [6.45, 7) is 2.96. The molecule has 0 radical (unpaired) electrons. The molecule has 1 atom stereocenters. The number of aryl methyl sites for hydroxylation is 1. The Balaban J connectivity index is 2.27. The summed E-state index contributed by atoms with van der Waals surface area (Å²) in [4.78, 5) is 0. The largest absolute Gasteiger partial charge is 0.311 e. The van der Waals surface area contributed by atoms with Gasteiger partial charge in [-0.2, -0.15) is 5.10 Å². The van der Waals surface area contributed by atoms with E-state index in [1.165, 1.54) is 6.07 Å². The molecule has 0 saturated heterocycles. The normalized spacial score (nSPS) is 12.6. The zero-order valence-corrected chi connectivity index (χ0v) is 12.5. The minimum Gasteiger partial charge on any atom is -0.311 e. The van der Waals surface area contributed by atoms with E-state index in [9.17, 15) is 4.39 Å². The zero-order chi connectivity index (χ0) is 14.5. The second-order valence-corrected chi connectivity index (χ2v) is 5.13. The average Bonchev–Trinajstić information content (AvgIpc) is 2.87. The summed E-state index contributed by atoms with van der Waals surface area (Å²) >= 11 is 6.10. The minimum atomic E-state index is -0.265. The van der Waals surface area contributed by atoms with Crippen molar-refractivity contribution in [1.29, 1.82) is 0 Å². The first-order valence-electron chi connectivity index (χ1n) is 6.79. The average molecular weight is 296 g/mol. The summed E-state index contributed by atoms with van der Waals surface area (Å²) in [6, 6.07) is 6.73. The molecule has 3 nitrogen and oxygen atoms in total. The minimum absolute atomic E-state index is 0.0153. The van der Waals surface area contributed by atoms with Crippen LogP contribution in [0.2, 0.25) is 5.02 Å². The van der Waals surface area contributed by atoms with Crippen molar-refractivity contribution in [2.75, 3.05) is 7.05 Å². The molecule has 0 aliphatic heterocycles. The van der Waals surface area contributed by atoms with Crippen molar-refractivity contribution < 1.29 is 4.39 Å². The highest BCUT2D eigenvalue weighted by Gasteiger charge is 2.18. The summed E-state index contributed by atoms with van der Waals surface area (Å²) in [5.41, 5.74) is 1.59. The fourth-order valence-corrected chi connectivity index (χ4v) is 2.56. The van der Waals surface area contributed by atoms with E-state index in [4.69, 9.17) is 11.6 Å². The second kappa shape index (κ2) is 6.86. The standard InChI is InChI=1S/C15H19ClFN3/c1-3-9-20-15(7-8-19-20)14(18-2)10-11-12(16)5-4-6-13(11)17/h4-8,14,18H,3,9-10H2,1-2H3. The smallest absolute Gasteiger partial charge is 0.127 e. The van der Waals surface area contributed by atoms with E-state index in [1.807, 2.05) is 17.8 Å². The van der Waals surface area contributed by atoms with Gasteiger partial charge in [-0.3, -0.25) is 4.68 Å². The number of halogens is 2. The van der Waals surface area contributed by atoms with Crippen LogP contribution in [0.3, 0.4) is 0 Å². The van der Waals surface area contributed by atoms with Crippen LogP contribution in [-0.2, 0) is 13.0 Å². The number of hydrogen-bond acceptors (Lipinski definition) is 2. The van der Waals surface area contributed by atoms with E-state index >= 15 is 0 Å². The predicted molar refractivity (Wildman–Crippen MR) is 79.4 cm³/mol. The summed E-state index contributed by atoms with van der Waals surface area (Å²) < 4.78 is 15.9. The SMILES string of the molecule is CCCn1nccc1C(Cc1c(F)cccc1Cl)NC. The summed E-state index contributed by atoms with van der Waals surface area (Å²) in [6.07, 6.45) is 3.28. The Bertz CT molecular complexity index is 548. The van der Waals surface area contributed by atoms with Gasteiger partial charge < -0.3 is 5.32 Å². The fraction of sp³-hybridized carbons (Fsp3) is 0.400. The number of benzene rings is 1. The Morgan fingerprint density at radius 1 is 1.40 bits per heavy atom. The van der Waals surface area contributed by atoms with Crippen LogP contribution in [0, 0.1) is 5.82 Å². The molecule has 0 spiro atoms. The van der Waals surface area contributed by atoms with E-state index in [-0.39, 0.29) is 11.9 Å². The molecule has 1 aromatic carbocycles. The highest BCUT2D eigenvalue weighted by molar-refractivity contribution is 6.31. The van der Waals surface area contributed by atoms with Crippen LogP contribution >= 0.6 is 11.6 Å². The molecule has 0 saturated carbocycles. The van der Waals surface area contributed by atoms with Gasteiger partial charge in [-0.1, -0.05) is 24.6 Å². The van der Waals surface area contributed by atoms with Gasteiger partial charge in [0, 0.05) is 23.3 Å². The number of aromatic nitrogens is 2. The van der Waals surface area contributed by atoms with Crippen LogP contribution in [0.25, 0.3) is 0 Å². The third kappa shape index (κ3) is 3.19. The Kier molecular flexibility index (Phi) is 5.15. The summed E-state index contributed by atoms with van der Waals surface area (Å²) in [7, 11) is 1.86. The van der Waals surface area contributed by atoms with Crippen LogP contribution in [0.4, 0.5) is 4.39 Å². The van der Waals surface area contributed by atoms with Crippen molar-refractivity contribution in [2.45, 2.75) is 32.4 Å². The number of nitrogens with zero attached hydrogens (tertiary/aromatic N) is 2. The van der Waals surface area contributed by atoms with Crippen molar-refractivity contribution in [3.8, 4) is 0 Å². The van der Waals surface area contributed by atoms with Gasteiger partial charge in [-0.05, 0) is 38.1 Å². The fourth-order valence-electron chi connectivity index (χ4n) is 2.32. The van der Waals surface area contributed by atoms with Gasteiger partial charge in [0.1, 0.15) is 5.82 Å². The molecule has 0 aliphatic rings. The molecule has 2 rings (SSSR count). The van der Waals surface area contributed by atoms with Crippen LogP contribution in [0.5, 0.6) is 0 Å². The van der Waals surface area contributed by atoms with Crippen molar-refractivity contribution in [2.24, 2.45) is 0 Å². The van der Waals surface area contributed by atoms with Crippen LogP contribution in [0.15, 0.2) is 30.5 Å². The molecule has 1 heterocycles. The van der Waals surface area contributed by atoms with Crippen molar-refractivity contribution in [3.05, 3.63) is 52.6 Å². The first-order valence-corrected chi connectivity index (χ1v) is 7.17. The zero-order valence-electron chi connectivity index (χ0n) is 11.7. The molecule has 0 bridgehead atoms. The molecule has 108 valence electrons. The molecule has 1 N–H and O–H groups in total. The predicted octanol–water partition coefficient (Wildman–Crippen LogP) is 3.59. The van der Waals surface area contributed by atoms with Gasteiger partial charge in [-0.25, -0.2) is 4.39 Å². The van der Waals surface area contributed by atoms with E-state index < -0.39 is 0 Å². The van der Waals surface area contributed by atoms with Gasteiger partial charge in [0.05, 0.1) is 11.7 Å². The van der Waals surface area contributed by atoms with Crippen LogP contribution < -0.4 is 5.32 Å². The molecule has 5 heteroatoms. The Labute approximate surface area is 123 Å². The van der Waals surface area contributed by atoms with Gasteiger partial charge in [0.15, 0.2) is 0 Å². The number of likely N-dealkylation sites (N-methyl/N-ethyl adjacent to an activating group) is 1. The van der Waals surface area contributed by atoms with Gasteiger partial charge in [0.25, 0.3) is 0 Å². The molecule has 0 aliphatic carbocycles. The van der Waals surface area contributed by atoms with E-state index in [0.717, 1.165) is 18.7 Å². The van der Waals surface area contributed by atoms with Gasteiger partial charge >= 0.3 is 0 Å². The lowest BCUT2D eigenvalue weighted by Gasteiger charge is -2.19. The number of rotatable bonds is 6. The highest BCUT2D eigenvalue weighted by atomic mass is 35.5. The Morgan fingerprint density at radius 2 is 2.20 bits per heavy atom. The Morgan fingerprint density at radius 3 is 2.85 bits per heavy atom. The lowest BCUT2D eigenvalue weighted by atomic mass is 10.0. The third-order valence-electron chi connectivity index (χ3n) is 3.36. The summed E-state index contributed by atoms with van der Waals surface area (Å²) in [5.74, 6) is -0.265. The monoisotopic (exact) mass is 295 g/mol.